The molecule has 5 rings (SSSR count). The average Bonchev–Trinajstić information content (AvgIpc) is 3.27. The van der Waals surface area contributed by atoms with Crippen molar-refractivity contribution in [1.29, 1.82) is 0 Å². The number of hydrogen-bond acceptors (Lipinski definition) is 6. The molecule has 0 saturated carbocycles. The molecule has 7 nitrogen and oxygen atoms in total. The minimum Gasteiger partial charge on any atom is -0.493 e. The predicted molar refractivity (Wildman–Crippen MR) is 120 cm³/mol. The number of hydrogen-bond donors (Lipinski definition) is 1. The summed E-state index contributed by atoms with van der Waals surface area (Å²) in [4.78, 5) is 14.4. The van der Waals surface area contributed by atoms with E-state index in [4.69, 9.17) is 14.2 Å². The van der Waals surface area contributed by atoms with Gasteiger partial charge >= 0.3 is 0 Å². The first kappa shape index (κ1) is 19.6. The lowest BCUT2D eigenvalue weighted by Gasteiger charge is -2.26. The van der Waals surface area contributed by atoms with E-state index in [1.165, 1.54) is 25.6 Å². The van der Waals surface area contributed by atoms with Crippen LogP contribution in [-0.4, -0.2) is 53.2 Å². The monoisotopic (exact) mass is 418 g/mol. The highest BCUT2D eigenvalue weighted by atomic mass is 16.5. The zero-order chi connectivity index (χ0) is 21.0. The Kier molecular flexibility index (Phi) is 5.58. The van der Waals surface area contributed by atoms with Crippen molar-refractivity contribution < 1.29 is 14.2 Å². The van der Waals surface area contributed by atoms with Gasteiger partial charge in [0.15, 0.2) is 11.5 Å². The number of nitrogens with zero attached hydrogens (tertiary/aromatic N) is 3. The molecule has 0 spiro atoms. The molecule has 1 aliphatic heterocycles. The summed E-state index contributed by atoms with van der Waals surface area (Å²) in [6.07, 6.45) is 7.30. The van der Waals surface area contributed by atoms with Gasteiger partial charge in [-0.05, 0) is 56.3 Å². The third kappa shape index (κ3) is 4.27. The van der Waals surface area contributed by atoms with Gasteiger partial charge in [0.25, 0.3) is 0 Å². The smallest absolute Gasteiger partial charge is 0.230 e. The number of benzene rings is 2. The van der Waals surface area contributed by atoms with Crippen molar-refractivity contribution in [3.63, 3.8) is 0 Å². The van der Waals surface area contributed by atoms with E-state index < -0.39 is 0 Å². The number of likely N-dealkylation sites (tertiary alicyclic amines) is 1. The molecule has 0 aliphatic carbocycles. The number of aromatic amines is 1. The maximum atomic E-state index is 6.10. The molecule has 2 aromatic heterocycles. The number of nitrogens with one attached hydrogen (secondary N) is 1. The second kappa shape index (κ2) is 8.81. The number of methoxy groups -OCH3 is 1. The quantitative estimate of drug-likeness (QED) is 0.466. The van der Waals surface area contributed by atoms with Gasteiger partial charge in [0.05, 0.1) is 18.0 Å². The van der Waals surface area contributed by atoms with Gasteiger partial charge < -0.3 is 19.2 Å². The molecule has 3 heterocycles. The highest BCUT2D eigenvalue weighted by Crippen LogP contribution is 2.36. The Morgan fingerprint density at radius 3 is 2.77 bits per heavy atom. The number of H-pyrrole nitrogens is 1. The predicted octanol–water partition coefficient (Wildman–Crippen LogP) is 4.78. The number of rotatable bonds is 7. The van der Waals surface area contributed by atoms with Crippen LogP contribution in [0.5, 0.6) is 23.1 Å². The molecule has 0 amide bonds. The van der Waals surface area contributed by atoms with E-state index in [0.717, 1.165) is 41.4 Å². The molecule has 1 saturated heterocycles. The fraction of sp³-hybridized carbons (Fsp3) is 0.333. The highest BCUT2D eigenvalue weighted by molar-refractivity contribution is 5.87. The van der Waals surface area contributed by atoms with Gasteiger partial charge in [-0.15, -0.1) is 0 Å². The normalized spacial score (nSPS) is 14.7. The first-order chi connectivity index (χ1) is 15.3. The maximum Gasteiger partial charge on any atom is 0.230 e. The van der Waals surface area contributed by atoms with Crippen LogP contribution in [0.25, 0.3) is 21.8 Å². The van der Waals surface area contributed by atoms with Gasteiger partial charge in [0.2, 0.25) is 5.88 Å². The molecule has 2 aromatic carbocycles. The van der Waals surface area contributed by atoms with Crippen molar-refractivity contribution in [1.82, 2.24) is 19.9 Å². The Bertz CT molecular complexity index is 1180. The SMILES string of the molecule is COc1cc2c(Oc3ccc4[nH]ccc4c3)ncnc2cc1OCCN1CCCCC1. The molecule has 160 valence electrons. The van der Waals surface area contributed by atoms with E-state index >= 15 is 0 Å². The molecular weight excluding hydrogens is 392 g/mol. The van der Waals surface area contributed by atoms with Crippen LogP contribution in [0.3, 0.4) is 0 Å². The van der Waals surface area contributed by atoms with E-state index in [1.807, 2.05) is 42.6 Å². The molecule has 4 aromatic rings. The number of ether oxygens (including phenoxy) is 3. The van der Waals surface area contributed by atoms with Crippen LogP contribution in [0.4, 0.5) is 0 Å². The van der Waals surface area contributed by atoms with Gasteiger partial charge in [-0.2, -0.15) is 0 Å². The van der Waals surface area contributed by atoms with Gasteiger partial charge in [-0.25, -0.2) is 9.97 Å². The summed E-state index contributed by atoms with van der Waals surface area (Å²) in [5.41, 5.74) is 1.81. The fourth-order valence-electron chi connectivity index (χ4n) is 4.07. The van der Waals surface area contributed by atoms with E-state index in [1.54, 1.807) is 7.11 Å². The molecule has 0 radical (unpaired) electrons. The van der Waals surface area contributed by atoms with Crippen LogP contribution in [0, 0.1) is 0 Å². The van der Waals surface area contributed by atoms with Crippen LogP contribution >= 0.6 is 0 Å². The second-order valence-corrected chi connectivity index (χ2v) is 7.78. The Hall–Kier alpha value is -3.32. The van der Waals surface area contributed by atoms with Crippen LogP contribution in [0.1, 0.15) is 19.3 Å². The molecule has 1 aliphatic rings. The molecule has 1 fully saturated rings. The van der Waals surface area contributed by atoms with Crippen molar-refractivity contribution in [2.75, 3.05) is 33.4 Å². The van der Waals surface area contributed by atoms with E-state index in [9.17, 15) is 0 Å². The van der Waals surface area contributed by atoms with Crippen molar-refractivity contribution in [3.8, 4) is 23.1 Å². The summed E-state index contributed by atoms with van der Waals surface area (Å²) < 4.78 is 17.8. The number of aromatic nitrogens is 3. The Labute approximate surface area is 181 Å². The first-order valence-electron chi connectivity index (χ1n) is 10.7. The summed E-state index contributed by atoms with van der Waals surface area (Å²) in [5.74, 6) is 2.53. The molecule has 0 bridgehead atoms. The maximum absolute atomic E-state index is 6.10. The summed E-state index contributed by atoms with van der Waals surface area (Å²) in [6, 6.07) is 11.7. The van der Waals surface area contributed by atoms with Crippen LogP contribution in [0.2, 0.25) is 0 Å². The Morgan fingerprint density at radius 2 is 1.90 bits per heavy atom. The van der Waals surface area contributed by atoms with E-state index in [-0.39, 0.29) is 0 Å². The van der Waals surface area contributed by atoms with Crippen LogP contribution in [0.15, 0.2) is 48.9 Å². The zero-order valence-corrected chi connectivity index (χ0v) is 17.6. The van der Waals surface area contributed by atoms with Gasteiger partial charge in [0, 0.05) is 29.7 Å². The minimum absolute atomic E-state index is 0.484. The standard InChI is InChI=1S/C24H26N4O3/c1-29-22-14-19-21(15-23(22)30-12-11-28-9-3-2-4-10-28)26-16-27-24(19)31-18-5-6-20-17(13-18)7-8-25-20/h5-8,13-16,25H,2-4,9-12H2,1H3. The molecule has 1 N–H and O–H groups in total. The average molecular weight is 418 g/mol. The summed E-state index contributed by atoms with van der Waals surface area (Å²) >= 11 is 0. The van der Waals surface area contributed by atoms with Gasteiger partial charge in [0.1, 0.15) is 18.7 Å². The number of piperidine rings is 1. The Balaban J connectivity index is 1.37. The second-order valence-electron chi connectivity index (χ2n) is 7.78. The lowest BCUT2D eigenvalue weighted by atomic mass is 10.1. The highest BCUT2D eigenvalue weighted by Gasteiger charge is 2.15. The summed E-state index contributed by atoms with van der Waals surface area (Å²) in [7, 11) is 1.64. The number of fused-ring (bicyclic) bond motifs is 2. The first-order valence-corrected chi connectivity index (χ1v) is 10.7. The molecule has 0 atom stereocenters. The molecule has 0 unspecified atom stereocenters. The fourth-order valence-corrected chi connectivity index (χ4v) is 4.07. The third-order valence-corrected chi connectivity index (χ3v) is 5.74. The Morgan fingerprint density at radius 1 is 1.00 bits per heavy atom. The lowest BCUT2D eigenvalue weighted by molar-refractivity contribution is 0.180. The van der Waals surface area contributed by atoms with Crippen molar-refractivity contribution in [3.05, 3.63) is 48.9 Å². The largest absolute Gasteiger partial charge is 0.493 e. The van der Waals surface area contributed by atoms with Crippen LogP contribution in [-0.2, 0) is 0 Å². The molecule has 31 heavy (non-hydrogen) atoms. The summed E-state index contributed by atoms with van der Waals surface area (Å²) in [6.45, 7) is 3.84. The molecular formula is C24H26N4O3. The van der Waals surface area contributed by atoms with Gasteiger partial charge in [-0.1, -0.05) is 6.42 Å². The lowest BCUT2D eigenvalue weighted by Crippen LogP contribution is -2.33. The van der Waals surface area contributed by atoms with Crippen LogP contribution < -0.4 is 14.2 Å². The summed E-state index contributed by atoms with van der Waals surface area (Å²) in [5, 5.41) is 1.86. The molecule has 7 heteroatoms. The van der Waals surface area contributed by atoms with E-state index in [0.29, 0.717) is 29.7 Å². The minimum atomic E-state index is 0.484. The topological polar surface area (TPSA) is 72.5 Å². The van der Waals surface area contributed by atoms with Crippen molar-refractivity contribution >= 4 is 21.8 Å². The van der Waals surface area contributed by atoms with E-state index in [2.05, 4.69) is 19.9 Å². The third-order valence-electron chi connectivity index (χ3n) is 5.74. The van der Waals surface area contributed by atoms with Crippen molar-refractivity contribution in [2.45, 2.75) is 19.3 Å². The van der Waals surface area contributed by atoms with Gasteiger partial charge in [-0.3, -0.25) is 4.90 Å². The van der Waals surface area contributed by atoms with Crippen molar-refractivity contribution in [2.24, 2.45) is 0 Å². The zero-order valence-electron chi connectivity index (χ0n) is 17.6.